The quantitative estimate of drug-likeness (QED) is 0.377. The van der Waals surface area contributed by atoms with Gasteiger partial charge < -0.3 is 15.0 Å². The smallest absolute Gasteiger partial charge is 0.329 e. The van der Waals surface area contributed by atoms with E-state index in [-0.39, 0.29) is 11.7 Å². The number of ether oxygens (including phenoxy) is 1. The van der Waals surface area contributed by atoms with E-state index in [1.807, 2.05) is 37.3 Å². The Morgan fingerprint density at radius 3 is 2.72 bits per heavy atom. The van der Waals surface area contributed by atoms with Crippen LogP contribution >= 0.6 is 35.3 Å². The molecule has 0 saturated heterocycles. The largest absolute Gasteiger partial charge is 0.467 e. The van der Waals surface area contributed by atoms with Gasteiger partial charge in [-0.25, -0.2) is 9.78 Å². The third-order valence-corrected chi connectivity index (χ3v) is 6.66. The number of aromatic nitrogens is 2. The lowest BCUT2D eigenvalue weighted by molar-refractivity contribution is -0.144. The average molecular weight is 454 g/mol. The third kappa shape index (κ3) is 8.36. The van der Waals surface area contributed by atoms with Gasteiger partial charge in [-0.1, -0.05) is 42.1 Å². The summed E-state index contributed by atoms with van der Waals surface area (Å²) in [5, 5.41) is 3.50. The standard InChI is InChI=1S/C20H27N3O3S3/c1-14-16(9-10-27-3)23-20(21-14)29-13-18(24)22-17(19(25)26-2)12-28-11-15-7-5-4-6-8-15/h4-8,17H,9-13H2,1-3H3,(H,21,23)(H,22,24)/t17-/m0/s1. The summed E-state index contributed by atoms with van der Waals surface area (Å²) < 4.78 is 4.84. The summed E-state index contributed by atoms with van der Waals surface area (Å²) in [5.41, 5.74) is 3.24. The lowest BCUT2D eigenvalue weighted by atomic mass is 10.2. The number of nitrogens with one attached hydrogen (secondary N) is 2. The molecule has 158 valence electrons. The summed E-state index contributed by atoms with van der Waals surface area (Å²) in [6.07, 6.45) is 2.97. The summed E-state index contributed by atoms with van der Waals surface area (Å²) >= 11 is 4.70. The summed E-state index contributed by atoms with van der Waals surface area (Å²) in [5.74, 6) is 1.77. The number of esters is 1. The topological polar surface area (TPSA) is 84.1 Å². The number of rotatable bonds is 12. The number of carbonyl (C=O) groups is 2. The van der Waals surface area contributed by atoms with Crippen LogP contribution in [0.2, 0.25) is 0 Å². The fraction of sp³-hybridized carbons (Fsp3) is 0.450. The molecule has 0 aliphatic heterocycles. The average Bonchev–Trinajstić information content (AvgIpc) is 3.09. The van der Waals surface area contributed by atoms with Gasteiger partial charge in [-0.15, -0.1) is 0 Å². The van der Waals surface area contributed by atoms with Crippen molar-refractivity contribution in [3.63, 3.8) is 0 Å². The molecule has 1 amide bonds. The van der Waals surface area contributed by atoms with Crippen LogP contribution in [-0.2, 0) is 26.5 Å². The van der Waals surface area contributed by atoms with Gasteiger partial charge in [-0.2, -0.15) is 23.5 Å². The summed E-state index contributed by atoms with van der Waals surface area (Å²) in [6, 6.07) is 9.33. The fourth-order valence-electron chi connectivity index (χ4n) is 2.53. The van der Waals surface area contributed by atoms with Gasteiger partial charge in [0.15, 0.2) is 5.16 Å². The molecule has 1 heterocycles. The number of carbonyl (C=O) groups excluding carboxylic acids is 2. The first-order valence-electron chi connectivity index (χ1n) is 9.19. The summed E-state index contributed by atoms with van der Waals surface area (Å²) in [7, 11) is 1.33. The fourth-order valence-corrected chi connectivity index (χ4v) is 4.68. The van der Waals surface area contributed by atoms with Crippen molar-refractivity contribution in [1.82, 2.24) is 15.3 Å². The van der Waals surface area contributed by atoms with Crippen LogP contribution < -0.4 is 5.32 Å². The van der Waals surface area contributed by atoms with E-state index in [0.717, 1.165) is 34.5 Å². The SMILES string of the molecule is COC(=O)[C@H](CSCc1ccccc1)NC(=O)CSc1nc(CCSC)c(C)[nH]1. The van der Waals surface area contributed by atoms with Crippen LogP contribution in [0.4, 0.5) is 0 Å². The van der Waals surface area contributed by atoms with Crippen molar-refractivity contribution in [2.75, 3.05) is 30.6 Å². The van der Waals surface area contributed by atoms with Crippen LogP contribution in [0.3, 0.4) is 0 Å². The van der Waals surface area contributed by atoms with Gasteiger partial charge >= 0.3 is 5.97 Å². The number of methoxy groups -OCH3 is 1. The van der Waals surface area contributed by atoms with E-state index in [4.69, 9.17) is 4.74 Å². The van der Waals surface area contributed by atoms with E-state index in [9.17, 15) is 9.59 Å². The molecule has 0 bridgehead atoms. The number of aryl methyl sites for hydroxylation is 2. The number of imidazole rings is 1. The van der Waals surface area contributed by atoms with Gasteiger partial charge in [0.2, 0.25) is 5.91 Å². The number of hydrogen-bond donors (Lipinski definition) is 2. The first kappa shape index (κ1) is 23.7. The Labute approximate surface area is 184 Å². The number of aromatic amines is 1. The Morgan fingerprint density at radius 1 is 1.28 bits per heavy atom. The van der Waals surface area contributed by atoms with Gasteiger partial charge in [0.05, 0.1) is 18.6 Å². The molecule has 0 unspecified atom stereocenters. The molecule has 0 saturated carbocycles. The van der Waals surface area contributed by atoms with Crippen LogP contribution in [0.25, 0.3) is 0 Å². The Morgan fingerprint density at radius 2 is 2.03 bits per heavy atom. The van der Waals surface area contributed by atoms with Crippen molar-refractivity contribution >= 4 is 47.2 Å². The minimum Gasteiger partial charge on any atom is -0.467 e. The molecule has 0 fully saturated rings. The van der Waals surface area contributed by atoms with Crippen LogP contribution in [0.15, 0.2) is 35.5 Å². The molecular weight excluding hydrogens is 426 g/mol. The van der Waals surface area contributed by atoms with Crippen LogP contribution in [0.5, 0.6) is 0 Å². The molecule has 0 radical (unpaired) electrons. The van der Waals surface area contributed by atoms with Crippen molar-refractivity contribution < 1.29 is 14.3 Å². The number of thioether (sulfide) groups is 3. The Hall–Kier alpha value is -1.58. The molecule has 1 atom stereocenters. The predicted octanol–water partition coefficient (Wildman–Crippen LogP) is 3.31. The van der Waals surface area contributed by atoms with E-state index < -0.39 is 12.0 Å². The number of nitrogens with zero attached hydrogens (tertiary/aromatic N) is 1. The first-order chi connectivity index (χ1) is 14.0. The van der Waals surface area contributed by atoms with E-state index in [0.29, 0.717) is 5.75 Å². The maximum absolute atomic E-state index is 12.4. The molecule has 1 aromatic heterocycles. The first-order valence-corrected chi connectivity index (χ1v) is 12.7. The van der Waals surface area contributed by atoms with Crippen molar-refractivity contribution in [3.8, 4) is 0 Å². The number of amides is 1. The zero-order valence-electron chi connectivity index (χ0n) is 16.9. The van der Waals surface area contributed by atoms with Gasteiger partial charge in [-0.05, 0) is 24.5 Å². The molecular formula is C20H27N3O3S3. The maximum atomic E-state index is 12.4. The Kier molecular flexibility index (Phi) is 10.5. The molecule has 0 aliphatic rings. The van der Waals surface area contributed by atoms with E-state index in [1.54, 1.807) is 23.5 Å². The van der Waals surface area contributed by atoms with Crippen LogP contribution in [0.1, 0.15) is 17.0 Å². The van der Waals surface area contributed by atoms with Crippen molar-refractivity contribution in [2.45, 2.75) is 30.3 Å². The highest BCUT2D eigenvalue weighted by atomic mass is 32.2. The zero-order valence-corrected chi connectivity index (χ0v) is 19.3. The second-order valence-corrected chi connectivity index (χ2v) is 9.27. The summed E-state index contributed by atoms with van der Waals surface area (Å²) in [6.45, 7) is 1.99. The second kappa shape index (κ2) is 12.9. The highest BCUT2D eigenvalue weighted by molar-refractivity contribution is 7.99. The van der Waals surface area contributed by atoms with E-state index in [2.05, 4.69) is 21.5 Å². The molecule has 0 aliphatic carbocycles. The predicted molar refractivity (Wildman–Crippen MR) is 123 cm³/mol. The van der Waals surface area contributed by atoms with E-state index in [1.165, 1.54) is 24.4 Å². The second-order valence-electron chi connectivity index (χ2n) is 6.29. The van der Waals surface area contributed by atoms with Gasteiger partial charge in [0.1, 0.15) is 6.04 Å². The Bertz CT molecular complexity index is 784. The van der Waals surface area contributed by atoms with Gasteiger partial charge in [-0.3, -0.25) is 4.79 Å². The van der Waals surface area contributed by atoms with Crippen molar-refractivity contribution in [2.24, 2.45) is 0 Å². The maximum Gasteiger partial charge on any atom is 0.329 e. The molecule has 29 heavy (non-hydrogen) atoms. The molecule has 2 aromatic rings. The number of benzene rings is 1. The molecule has 1 aromatic carbocycles. The van der Waals surface area contributed by atoms with Crippen molar-refractivity contribution in [3.05, 3.63) is 47.3 Å². The molecule has 9 heteroatoms. The highest BCUT2D eigenvalue weighted by Gasteiger charge is 2.22. The lowest BCUT2D eigenvalue weighted by Gasteiger charge is -2.16. The normalized spacial score (nSPS) is 11.8. The number of hydrogen-bond acceptors (Lipinski definition) is 7. The third-order valence-electron chi connectivity index (χ3n) is 4.06. The summed E-state index contributed by atoms with van der Waals surface area (Å²) in [4.78, 5) is 32.2. The van der Waals surface area contributed by atoms with Crippen LogP contribution in [-0.4, -0.2) is 58.5 Å². The van der Waals surface area contributed by atoms with Crippen molar-refractivity contribution in [1.29, 1.82) is 0 Å². The minimum absolute atomic E-state index is 0.186. The lowest BCUT2D eigenvalue weighted by Crippen LogP contribution is -2.44. The minimum atomic E-state index is -0.669. The monoisotopic (exact) mass is 453 g/mol. The van der Waals surface area contributed by atoms with Crippen LogP contribution in [0, 0.1) is 6.92 Å². The molecule has 2 rings (SSSR count). The molecule has 2 N–H and O–H groups in total. The highest BCUT2D eigenvalue weighted by Crippen LogP contribution is 2.18. The Balaban J connectivity index is 1.82. The molecule has 6 nitrogen and oxygen atoms in total. The zero-order chi connectivity index (χ0) is 21.1. The molecule has 0 spiro atoms. The van der Waals surface area contributed by atoms with Gasteiger partial charge in [0.25, 0.3) is 0 Å². The van der Waals surface area contributed by atoms with E-state index >= 15 is 0 Å². The van der Waals surface area contributed by atoms with Gasteiger partial charge in [0, 0.05) is 23.6 Å². The number of H-pyrrole nitrogens is 1.